The lowest BCUT2D eigenvalue weighted by Crippen LogP contribution is -2.09. The third-order valence-electron chi connectivity index (χ3n) is 6.93. The summed E-state index contributed by atoms with van der Waals surface area (Å²) in [6.07, 6.45) is 4.38. The van der Waals surface area contributed by atoms with Crippen LogP contribution < -0.4 is 4.90 Å². The fraction of sp³-hybridized carbons (Fsp3) is 0.0556. The van der Waals surface area contributed by atoms with Gasteiger partial charge in [-0.25, -0.2) is 0 Å². The fourth-order valence-corrected chi connectivity index (χ4v) is 4.82. The maximum Gasteiger partial charge on any atom is 0.0462 e. The molecule has 6 aromatic rings. The molecule has 0 saturated heterocycles. The van der Waals surface area contributed by atoms with Gasteiger partial charge >= 0.3 is 0 Å². The van der Waals surface area contributed by atoms with Crippen molar-refractivity contribution in [2.24, 2.45) is 0 Å². The van der Waals surface area contributed by atoms with Crippen molar-refractivity contribution >= 4 is 50.8 Å². The Morgan fingerprint density at radius 3 is 1.41 bits per heavy atom. The van der Waals surface area contributed by atoms with Crippen molar-refractivity contribution in [2.75, 3.05) is 4.90 Å². The van der Waals surface area contributed by atoms with Crippen LogP contribution in [0.15, 0.2) is 127 Å². The first-order valence-electron chi connectivity index (χ1n) is 12.8. The Kier molecular flexibility index (Phi) is 6.04. The first-order valence-corrected chi connectivity index (χ1v) is 12.8. The molecule has 0 bridgehead atoms. The third-order valence-corrected chi connectivity index (χ3v) is 6.93. The summed E-state index contributed by atoms with van der Waals surface area (Å²) in [5.74, 6) is 0. The molecule has 6 aromatic carbocycles. The van der Waals surface area contributed by atoms with Crippen molar-refractivity contribution < 1.29 is 0 Å². The van der Waals surface area contributed by atoms with E-state index in [0.717, 1.165) is 17.1 Å². The van der Waals surface area contributed by atoms with Crippen LogP contribution in [-0.2, 0) is 0 Å². The molecule has 37 heavy (non-hydrogen) atoms. The van der Waals surface area contributed by atoms with Crippen LogP contribution in [0.1, 0.15) is 22.3 Å². The average Bonchev–Trinajstić information content (AvgIpc) is 2.93. The molecule has 1 heteroatoms. The molecule has 0 aliphatic rings. The monoisotopic (exact) mass is 475 g/mol. The van der Waals surface area contributed by atoms with Gasteiger partial charge in [0, 0.05) is 17.1 Å². The van der Waals surface area contributed by atoms with Crippen LogP contribution in [0.2, 0.25) is 0 Å². The minimum Gasteiger partial charge on any atom is -0.311 e. The SMILES string of the molecule is Cc1ccc(N(c2ccc(C)cc2)c2ccc(C=Cc3ccc4cc5ccccc5cc4c3)cc2)cc1. The summed E-state index contributed by atoms with van der Waals surface area (Å²) in [4.78, 5) is 2.31. The topological polar surface area (TPSA) is 3.24 Å². The quantitative estimate of drug-likeness (QED) is 0.177. The Morgan fingerprint density at radius 2 is 0.838 bits per heavy atom. The van der Waals surface area contributed by atoms with Crippen molar-refractivity contribution in [3.8, 4) is 0 Å². The van der Waals surface area contributed by atoms with Gasteiger partial charge in [0.1, 0.15) is 0 Å². The molecule has 0 amide bonds. The molecular weight excluding hydrogens is 446 g/mol. The predicted molar refractivity (Wildman–Crippen MR) is 161 cm³/mol. The maximum atomic E-state index is 2.31. The first-order chi connectivity index (χ1) is 18.1. The van der Waals surface area contributed by atoms with Gasteiger partial charge in [0.15, 0.2) is 0 Å². The molecule has 0 radical (unpaired) electrons. The van der Waals surface area contributed by atoms with Gasteiger partial charge in [0.25, 0.3) is 0 Å². The lowest BCUT2D eigenvalue weighted by atomic mass is 10.0. The molecule has 0 saturated carbocycles. The molecule has 178 valence electrons. The van der Waals surface area contributed by atoms with Gasteiger partial charge in [-0.05, 0) is 101 Å². The maximum absolute atomic E-state index is 2.31. The van der Waals surface area contributed by atoms with E-state index in [9.17, 15) is 0 Å². The van der Waals surface area contributed by atoms with Gasteiger partial charge in [-0.15, -0.1) is 0 Å². The summed E-state index contributed by atoms with van der Waals surface area (Å²) in [5, 5.41) is 5.10. The molecule has 0 aromatic heterocycles. The van der Waals surface area contributed by atoms with Gasteiger partial charge < -0.3 is 4.90 Å². The highest BCUT2D eigenvalue weighted by atomic mass is 15.1. The minimum absolute atomic E-state index is 1.14. The first kappa shape index (κ1) is 22.8. The average molecular weight is 476 g/mol. The van der Waals surface area contributed by atoms with Gasteiger partial charge in [-0.2, -0.15) is 0 Å². The number of hydrogen-bond acceptors (Lipinski definition) is 1. The van der Waals surface area contributed by atoms with E-state index in [1.54, 1.807) is 0 Å². The Balaban J connectivity index is 1.29. The largest absolute Gasteiger partial charge is 0.311 e. The van der Waals surface area contributed by atoms with E-state index in [0.29, 0.717) is 0 Å². The van der Waals surface area contributed by atoms with Crippen molar-refractivity contribution in [1.82, 2.24) is 0 Å². The molecule has 0 heterocycles. The van der Waals surface area contributed by atoms with E-state index in [4.69, 9.17) is 0 Å². The van der Waals surface area contributed by atoms with E-state index >= 15 is 0 Å². The summed E-state index contributed by atoms with van der Waals surface area (Å²) in [6, 6.07) is 46.0. The van der Waals surface area contributed by atoms with Crippen LogP contribution in [0.4, 0.5) is 17.1 Å². The van der Waals surface area contributed by atoms with Crippen LogP contribution in [0.25, 0.3) is 33.7 Å². The van der Waals surface area contributed by atoms with Gasteiger partial charge in [0.05, 0.1) is 0 Å². The van der Waals surface area contributed by atoms with Crippen molar-refractivity contribution in [2.45, 2.75) is 13.8 Å². The van der Waals surface area contributed by atoms with E-state index in [1.807, 2.05) is 0 Å². The molecule has 6 rings (SSSR count). The molecule has 0 fully saturated rings. The second-order valence-corrected chi connectivity index (χ2v) is 9.74. The highest BCUT2D eigenvalue weighted by Gasteiger charge is 2.12. The number of benzene rings is 6. The highest BCUT2D eigenvalue weighted by molar-refractivity contribution is 5.99. The third kappa shape index (κ3) is 4.90. The Bertz CT molecular complexity index is 1660. The molecular formula is C36H29N. The van der Waals surface area contributed by atoms with E-state index < -0.39 is 0 Å². The zero-order valence-corrected chi connectivity index (χ0v) is 21.2. The summed E-state index contributed by atoms with van der Waals surface area (Å²) >= 11 is 0. The highest BCUT2D eigenvalue weighted by Crippen LogP contribution is 2.35. The smallest absolute Gasteiger partial charge is 0.0462 e. The van der Waals surface area contributed by atoms with Crippen molar-refractivity contribution in [3.63, 3.8) is 0 Å². The zero-order valence-electron chi connectivity index (χ0n) is 21.2. The molecule has 0 N–H and O–H groups in total. The van der Waals surface area contributed by atoms with Crippen LogP contribution in [-0.4, -0.2) is 0 Å². The van der Waals surface area contributed by atoms with E-state index in [2.05, 4.69) is 158 Å². The van der Waals surface area contributed by atoms with E-state index in [-0.39, 0.29) is 0 Å². The van der Waals surface area contributed by atoms with Gasteiger partial charge in [-0.1, -0.05) is 96.1 Å². The van der Waals surface area contributed by atoms with Crippen LogP contribution in [0, 0.1) is 13.8 Å². The lowest BCUT2D eigenvalue weighted by Gasteiger charge is -2.25. The number of hydrogen-bond donors (Lipinski definition) is 0. The normalized spacial score (nSPS) is 11.4. The minimum atomic E-state index is 1.14. The Morgan fingerprint density at radius 1 is 0.405 bits per heavy atom. The number of aryl methyl sites for hydroxylation is 2. The van der Waals surface area contributed by atoms with Crippen LogP contribution in [0.5, 0.6) is 0 Å². The fourth-order valence-electron chi connectivity index (χ4n) is 4.82. The van der Waals surface area contributed by atoms with Gasteiger partial charge in [-0.3, -0.25) is 0 Å². The van der Waals surface area contributed by atoms with Crippen molar-refractivity contribution in [3.05, 3.63) is 150 Å². The Labute approximate surface area is 218 Å². The molecule has 0 aliphatic carbocycles. The summed E-state index contributed by atoms with van der Waals surface area (Å²) < 4.78 is 0. The second kappa shape index (κ2) is 9.79. The number of fused-ring (bicyclic) bond motifs is 2. The molecule has 0 spiro atoms. The van der Waals surface area contributed by atoms with Crippen LogP contribution in [0.3, 0.4) is 0 Å². The standard InChI is InChI=1S/C36H29N/c1-26-7-17-34(18-8-26)37(35-19-9-27(2)10-20-35)36-21-14-28(15-22-36)11-12-29-13-16-32-24-30-5-3-4-6-31(30)25-33(32)23-29/h3-25H,1-2H3. The summed E-state index contributed by atoms with van der Waals surface area (Å²) in [6.45, 7) is 4.25. The molecule has 0 unspecified atom stereocenters. The second-order valence-electron chi connectivity index (χ2n) is 9.74. The predicted octanol–water partition coefficient (Wildman–Crippen LogP) is 10.3. The van der Waals surface area contributed by atoms with Crippen molar-refractivity contribution in [1.29, 1.82) is 0 Å². The van der Waals surface area contributed by atoms with Gasteiger partial charge in [0.2, 0.25) is 0 Å². The summed E-state index contributed by atoms with van der Waals surface area (Å²) in [5.41, 5.74) is 8.35. The Hall–Kier alpha value is -4.62. The number of rotatable bonds is 5. The summed E-state index contributed by atoms with van der Waals surface area (Å²) in [7, 11) is 0. The molecule has 0 atom stereocenters. The zero-order chi connectivity index (χ0) is 25.2. The molecule has 1 nitrogen and oxygen atoms in total. The lowest BCUT2D eigenvalue weighted by molar-refractivity contribution is 1.27. The van der Waals surface area contributed by atoms with Crippen LogP contribution >= 0.6 is 0 Å². The number of nitrogens with zero attached hydrogens (tertiary/aromatic N) is 1. The number of anilines is 3. The molecule has 0 aliphatic heterocycles. The van der Waals surface area contributed by atoms with E-state index in [1.165, 1.54) is 43.8 Å².